The summed E-state index contributed by atoms with van der Waals surface area (Å²) in [7, 11) is 0. The molecule has 0 aromatic heterocycles. The average molecular weight is 129 g/mol. The highest BCUT2D eigenvalue weighted by Gasteiger charge is 2.24. The fourth-order valence-electron chi connectivity index (χ4n) is 0.669. The van der Waals surface area contributed by atoms with Crippen molar-refractivity contribution in [1.29, 1.82) is 0 Å². The van der Waals surface area contributed by atoms with Crippen LogP contribution in [0.5, 0.6) is 0 Å². The van der Waals surface area contributed by atoms with Crippen LogP contribution in [0.3, 0.4) is 0 Å². The first kappa shape index (κ1) is 6.35. The number of hydrogen-bond donors (Lipinski definition) is 2. The molecule has 0 saturated heterocycles. The second kappa shape index (κ2) is 2.23. The summed E-state index contributed by atoms with van der Waals surface area (Å²) in [6, 6.07) is -0.540. The Hall–Kier alpha value is -0.770. The summed E-state index contributed by atoms with van der Waals surface area (Å²) >= 11 is 0. The molecule has 0 bridgehead atoms. The van der Waals surface area contributed by atoms with Crippen LogP contribution in [0.4, 0.5) is 4.79 Å². The number of carbonyl (C=O) groups is 1. The van der Waals surface area contributed by atoms with Crippen molar-refractivity contribution in [2.45, 2.75) is 12.8 Å². The lowest BCUT2D eigenvalue weighted by Crippen LogP contribution is -2.42. The highest BCUT2D eigenvalue weighted by molar-refractivity contribution is 5.71. The van der Waals surface area contributed by atoms with E-state index in [0.29, 0.717) is 12.5 Å². The Labute approximate surface area is 53.8 Å². The molecule has 0 aromatic carbocycles. The Balaban J connectivity index is 2.16. The van der Waals surface area contributed by atoms with Crippen LogP contribution in [0, 0.1) is 5.92 Å². The second-order valence-corrected chi connectivity index (χ2v) is 2.43. The van der Waals surface area contributed by atoms with Crippen LogP contribution in [-0.2, 0) is 0 Å². The number of hydrazine groups is 1. The van der Waals surface area contributed by atoms with E-state index in [1.165, 1.54) is 12.8 Å². The third-order valence-electron chi connectivity index (χ3n) is 1.43. The van der Waals surface area contributed by atoms with Gasteiger partial charge in [0.1, 0.15) is 0 Å². The molecular weight excluding hydrogens is 118 g/mol. The first-order valence-electron chi connectivity index (χ1n) is 3.02. The Kier molecular flexibility index (Phi) is 1.57. The zero-order valence-corrected chi connectivity index (χ0v) is 5.21. The van der Waals surface area contributed by atoms with Crippen molar-refractivity contribution in [2.24, 2.45) is 17.5 Å². The number of hydrogen-bond acceptors (Lipinski definition) is 2. The van der Waals surface area contributed by atoms with Gasteiger partial charge in [0.15, 0.2) is 0 Å². The highest BCUT2D eigenvalue weighted by atomic mass is 16.2. The van der Waals surface area contributed by atoms with Gasteiger partial charge in [0.25, 0.3) is 0 Å². The van der Waals surface area contributed by atoms with Crippen LogP contribution >= 0.6 is 0 Å². The molecule has 52 valence electrons. The predicted octanol–water partition coefficient (Wildman–Crippen LogP) is -0.349. The predicted molar refractivity (Wildman–Crippen MR) is 33.2 cm³/mol. The number of amides is 2. The molecule has 0 aromatic rings. The van der Waals surface area contributed by atoms with Gasteiger partial charge in [-0.15, -0.1) is 0 Å². The van der Waals surface area contributed by atoms with Crippen LogP contribution in [0.25, 0.3) is 0 Å². The van der Waals surface area contributed by atoms with E-state index in [1.807, 2.05) is 0 Å². The van der Waals surface area contributed by atoms with Crippen molar-refractivity contribution in [3.05, 3.63) is 0 Å². The largest absolute Gasteiger partial charge is 0.350 e. The van der Waals surface area contributed by atoms with E-state index >= 15 is 0 Å². The molecule has 2 amide bonds. The standard InChI is InChI=1S/C5H11N3O/c6-5(9)8(7)3-4-1-2-4/h4H,1-3,7H2,(H2,6,9). The zero-order chi connectivity index (χ0) is 6.85. The van der Waals surface area contributed by atoms with Gasteiger partial charge in [0.05, 0.1) is 0 Å². The number of nitrogens with zero attached hydrogens (tertiary/aromatic N) is 1. The average Bonchev–Trinajstić information content (AvgIpc) is 2.50. The van der Waals surface area contributed by atoms with Gasteiger partial charge in [0, 0.05) is 6.54 Å². The van der Waals surface area contributed by atoms with E-state index in [1.54, 1.807) is 0 Å². The summed E-state index contributed by atoms with van der Waals surface area (Å²) in [5, 5.41) is 1.07. The van der Waals surface area contributed by atoms with Crippen LogP contribution in [0.15, 0.2) is 0 Å². The Bertz CT molecular complexity index is 121. The molecule has 0 radical (unpaired) electrons. The Morgan fingerprint density at radius 3 is 2.56 bits per heavy atom. The molecule has 1 rings (SSSR count). The summed E-state index contributed by atoms with van der Waals surface area (Å²) < 4.78 is 0. The first-order chi connectivity index (χ1) is 4.20. The van der Waals surface area contributed by atoms with Crippen molar-refractivity contribution in [2.75, 3.05) is 6.54 Å². The lowest BCUT2D eigenvalue weighted by molar-refractivity contribution is 0.206. The first-order valence-corrected chi connectivity index (χ1v) is 3.02. The molecule has 0 atom stereocenters. The fourth-order valence-corrected chi connectivity index (χ4v) is 0.669. The smallest absolute Gasteiger partial charge is 0.328 e. The minimum absolute atomic E-state index is 0.540. The lowest BCUT2D eigenvalue weighted by atomic mass is 10.4. The Morgan fingerprint density at radius 2 is 2.22 bits per heavy atom. The monoisotopic (exact) mass is 129 g/mol. The van der Waals surface area contributed by atoms with Gasteiger partial charge >= 0.3 is 6.03 Å². The van der Waals surface area contributed by atoms with Gasteiger partial charge in [0.2, 0.25) is 0 Å². The van der Waals surface area contributed by atoms with Gasteiger partial charge in [-0.05, 0) is 18.8 Å². The van der Waals surface area contributed by atoms with Gasteiger partial charge in [-0.2, -0.15) is 0 Å². The van der Waals surface area contributed by atoms with Crippen LogP contribution in [0.1, 0.15) is 12.8 Å². The maximum Gasteiger partial charge on any atom is 0.328 e. The number of carbonyl (C=O) groups excluding carboxylic acids is 1. The van der Waals surface area contributed by atoms with E-state index in [-0.39, 0.29) is 0 Å². The minimum atomic E-state index is -0.540. The zero-order valence-electron chi connectivity index (χ0n) is 5.21. The van der Waals surface area contributed by atoms with Gasteiger partial charge in [-0.1, -0.05) is 0 Å². The molecule has 9 heavy (non-hydrogen) atoms. The fraction of sp³-hybridized carbons (Fsp3) is 0.800. The van der Waals surface area contributed by atoms with Crippen LogP contribution < -0.4 is 11.6 Å². The van der Waals surface area contributed by atoms with Crippen LogP contribution in [-0.4, -0.2) is 17.6 Å². The Morgan fingerprint density at radius 1 is 1.67 bits per heavy atom. The van der Waals surface area contributed by atoms with E-state index < -0.39 is 6.03 Å². The highest BCUT2D eigenvalue weighted by Crippen LogP contribution is 2.28. The topological polar surface area (TPSA) is 72.4 Å². The van der Waals surface area contributed by atoms with Gasteiger partial charge < -0.3 is 5.73 Å². The summed E-state index contributed by atoms with van der Waals surface area (Å²) in [6.07, 6.45) is 2.36. The molecule has 0 spiro atoms. The molecular formula is C5H11N3O. The SMILES string of the molecule is NC(=O)N(N)CC1CC1. The quantitative estimate of drug-likeness (QED) is 0.304. The van der Waals surface area contributed by atoms with Gasteiger partial charge in [-0.25, -0.2) is 10.6 Å². The second-order valence-electron chi connectivity index (χ2n) is 2.43. The summed E-state index contributed by atoms with van der Waals surface area (Å²) in [5.41, 5.74) is 4.87. The molecule has 1 saturated carbocycles. The molecule has 4 heteroatoms. The number of primary amides is 1. The molecule has 1 aliphatic rings. The molecule has 1 fully saturated rings. The molecule has 4 nitrogen and oxygen atoms in total. The maximum atomic E-state index is 10.3. The summed E-state index contributed by atoms with van der Waals surface area (Å²) in [5.74, 6) is 5.83. The summed E-state index contributed by atoms with van der Waals surface area (Å²) in [6.45, 7) is 0.620. The van der Waals surface area contributed by atoms with Crippen molar-refractivity contribution in [1.82, 2.24) is 5.01 Å². The van der Waals surface area contributed by atoms with Gasteiger partial charge in [-0.3, -0.25) is 5.01 Å². The molecule has 0 aliphatic heterocycles. The molecule has 1 aliphatic carbocycles. The number of urea groups is 1. The van der Waals surface area contributed by atoms with Crippen molar-refractivity contribution in [3.8, 4) is 0 Å². The van der Waals surface area contributed by atoms with E-state index in [2.05, 4.69) is 0 Å². The molecule has 0 heterocycles. The summed E-state index contributed by atoms with van der Waals surface area (Å²) in [4.78, 5) is 10.3. The normalized spacial score (nSPS) is 17.4. The van der Waals surface area contributed by atoms with Crippen molar-refractivity contribution < 1.29 is 4.79 Å². The third kappa shape index (κ3) is 1.89. The van der Waals surface area contributed by atoms with Crippen molar-refractivity contribution >= 4 is 6.03 Å². The van der Waals surface area contributed by atoms with E-state index in [4.69, 9.17) is 11.6 Å². The number of rotatable bonds is 2. The number of nitrogens with two attached hydrogens (primary N) is 2. The molecule has 4 N–H and O–H groups in total. The van der Waals surface area contributed by atoms with Crippen molar-refractivity contribution in [3.63, 3.8) is 0 Å². The van der Waals surface area contributed by atoms with Crippen LogP contribution in [0.2, 0.25) is 0 Å². The minimum Gasteiger partial charge on any atom is -0.350 e. The third-order valence-corrected chi connectivity index (χ3v) is 1.43. The maximum absolute atomic E-state index is 10.3. The van der Waals surface area contributed by atoms with E-state index in [0.717, 1.165) is 5.01 Å². The molecule has 0 unspecified atom stereocenters. The van der Waals surface area contributed by atoms with E-state index in [9.17, 15) is 4.79 Å². The lowest BCUT2D eigenvalue weighted by Gasteiger charge is -2.11.